The van der Waals surface area contributed by atoms with Crippen LogP contribution in [0.3, 0.4) is 0 Å². The molecule has 0 spiro atoms. The Morgan fingerprint density at radius 3 is 2.50 bits per heavy atom. The van der Waals surface area contributed by atoms with Crippen LogP contribution < -0.4 is 15.5 Å². The van der Waals surface area contributed by atoms with Crippen LogP contribution in [0.2, 0.25) is 0 Å². The van der Waals surface area contributed by atoms with E-state index < -0.39 is 0 Å². The molecular formula is C19H21N3O2. The normalized spacial score (nSPS) is 15.0. The van der Waals surface area contributed by atoms with Gasteiger partial charge in [0.15, 0.2) is 0 Å². The quantitative estimate of drug-likeness (QED) is 0.886. The minimum atomic E-state index is -0.0801. The smallest absolute Gasteiger partial charge is 0.321 e. The summed E-state index contributed by atoms with van der Waals surface area (Å²) in [5.74, 6) is 0.150. The third-order valence-electron chi connectivity index (χ3n) is 4.18. The molecule has 124 valence electrons. The zero-order valence-corrected chi connectivity index (χ0v) is 13.7. The van der Waals surface area contributed by atoms with Crippen molar-refractivity contribution in [1.29, 1.82) is 0 Å². The highest BCUT2D eigenvalue weighted by Crippen LogP contribution is 2.22. The minimum Gasteiger partial charge on any atom is -0.336 e. The molecule has 24 heavy (non-hydrogen) atoms. The van der Waals surface area contributed by atoms with Gasteiger partial charge in [0, 0.05) is 30.9 Å². The predicted molar refractivity (Wildman–Crippen MR) is 95.3 cm³/mol. The molecule has 1 saturated heterocycles. The number of carbonyl (C=O) groups excluding carboxylic acids is 2. The van der Waals surface area contributed by atoms with Crippen LogP contribution in [0.5, 0.6) is 0 Å². The highest BCUT2D eigenvalue weighted by atomic mass is 16.2. The summed E-state index contributed by atoms with van der Waals surface area (Å²) in [5.41, 5.74) is 2.73. The molecule has 5 heteroatoms. The highest BCUT2D eigenvalue weighted by molar-refractivity contribution is 5.95. The fourth-order valence-corrected chi connectivity index (χ4v) is 2.83. The van der Waals surface area contributed by atoms with Crippen molar-refractivity contribution in [3.8, 4) is 0 Å². The molecule has 2 aromatic rings. The number of nitrogens with zero attached hydrogens (tertiary/aromatic N) is 1. The van der Waals surface area contributed by atoms with Gasteiger partial charge < -0.3 is 10.6 Å². The van der Waals surface area contributed by atoms with Gasteiger partial charge in [-0.25, -0.2) is 4.79 Å². The summed E-state index contributed by atoms with van der Waals surface area (Å²) < 4.78 is 0. The maximum Gasteiger partial charge on any atom is 0.321 e. The van der Waals surface area contributed by atoms with E-state index in [0.717, 1.165) is 16.9 Å². The number of rotatable bonds is 5. The molecule has 5 nitrogen and oxygen atoms in total. The summed E-state index contributed by atoms with van der Waals surface area (Å²) in [4.78, 5) is 25.5. The highest BCUT2D eigenvalue weighted by Gasteiger charge is 2.20. The standard InChI is InChI=1S/C19H21N3O2/c1-14(15-5-3-2-4-6-15)13-18(23)21-16-7-9-17(10-8-16)22-12-11-20-19(22)24/h2-10,14H,11-13H2,1H3,(H,20,24)(H,21,23). The van der Waals surface area contributed by atoms with Gasteiger partial charge in [-0.3, -0.25) is 9.69 Å². The van der Waals surface area contributed by atoms with Gasteiger partial charge in [0.05, 0.1) is 0 Å². The first-order chi connectivity index (χ1) is 11.6. The summed E-state index contributed by atoms with van der Waals surface area (Å²) in [5, 5.41) is 5.68. The summed E-state index contributed by atoms with van der Waals surface area (Å²) in [6.45, 7) is 3.37. The zero-order valence-electron chi connectivity index (χ0n) is 13.7. The number of hydrogen-bond acceptors (Lipinski definition) is 2. The van der Waals surface area contributed by atoms with E-state index in [2.05, 4.69) is 10.6 Å². The van der Waals surface area contributed by atoms with Gasteiger partial charge in [0.1, 0.15) is 0 Å². The van der Waals surface area contributed by atoms with E-state index in [1.165, 1.54) is 0 Å². The molecule has 2 aromatic carbocycles. The van der Waals surface area contributed by atoms with Crippen LogP contribution in [0.15, 0.2) is 54.6 Å². The van der Waals surface area contributed by atoms with E-state index in [1.807, 2.05) is 61.5 Å². The monoisotopic (exact) mass is 323 g/mol. The van der Waals surface area contributed by atoms with Crippen molar-refractivity contribution >= 4 is 23.3 Å². The largest absolute Gasteiger partial charge is 0.336 e. The number of anilines is 2. The molecule has 1 unspecified atom stereocenters. The summed E-state index contributed by atoms with van der Waals surface area (Å²) in [6.07, 6.45) is 0.431. The summed E-state index contributed by atoms with van der Waals surface area (Å²) in [7, 11) is 0. The Bertz CT molecular complexity index is 713. The fraction of sp³-hybridized carbons (Fsp3) is 0.263. The lowest BCUT2D eigenvalue weighted by Gasteiger charge is -2.15. The van der Waals surface area contributed by atoms with Crippen LogP contribution in [0, 0.1) is 0 Å². The Morgan fingerprint density at radius 1 is 1.17 bits per heavy atom. The molecule has 1 aliphatic heterocycles. The second-order valence-corrected chi connectivity index (χ2v) is 5.99. The Balaban J connectivity index is 1.57. The third-order valence-corrected chi connectivity index (χ3v) is 4.18. The second-order valence-electron chi connectivity index (χ2n) is 5.99. The molecule has 0 radical (unpaired) electrons. The third kappa shape index (κ3) is 3.74. The van der Waals surface area contributed by atoms with Crippen LogP contribution in [0.4, 0.5) is 16.2 Å². The number of carbonyl (C=O) groups is 2. The lowest BCUT2D eigenvalue weighted by Crippen LogP contribution is -2.27. The number of amides is 3. The Hall–Kier alpha value is -2.82. The van der Waals surface area contributed by atoms with Crippen molar-refractivity contribution in [2.45, 2.75) is 19.3 Å². The van der Waals surface area contributed by atoms with Gasteiger partial charge in [-0.05, 0) is 35.7 Å². The molecular weight excluding hydrogens is 302 g/mol. The van der Waals surface area contributed by atoms with Crippen molar-refractivity contribution in [2.75, 3.05) is 23.3 Å². The van der Waals surface area contributed by atoms with Crippen molar-refractivity contribution < 1.29 is 9.59 Å². The van der Waals surface area contributed by atoms with Crippen LogP contribution >= 0.6 is 0 Å². The number of urea groups is 1. The van der Waals surface area contributed by atoms with Gasteiger partial charge in [-0.2, -0.15) is 0 Å². The molecule has 1 fully saturated rings. The van der Waals surface area contributed by atoms with E-state index in [4.69, 9.17) is 0 Å². The van der Waals surface area contributed by atoms with E-state index in [-0.39, 0.29) is 17.9 Å². The summed E-state index contributed by atoms with van der Waals surface area (Å²) >= 11 is 0. The Labute approximate surface area is 141 Å². The Kier molecular flexibility index (Phi) is 4.79. The maximum atomic E-state index is 12.2. The summed E-state index contributed by atoms with van der Waals surface area (Å²) in [6, 6.07) is 17.3. The van der Waals surface area contributed by atoms with Crippen LogP contribution in [0.1, 0.15) is 24.8 Å². The minimum absolute atomic E-state index is 0.0157. The van der Waals surface area contributed by atoms with E-state index in [9.17, 15) is 9.59 Å². The first-order valence-corrected chi connectivity index (χ1v) is 8.14. The van der Waals surface area contributed by atoms with E-state index in [1.54, 1.807) is 4.90 Å². The van der Waals surface area contributed by atoms with E-state index in [0.29, 0.717) is 19.5 Å². The number of hydrogen-bond donors (Lipinski definition) is 2. The maximum absolute atomic E-state index is 12.2. The second kappa shape index (κ2) is 7.17. The average molecular weight is 323 g/mol. The molecule has 0 aliphatic carbocycles. The number of nitrogens with one attached hydrogen (secondary N) is 2. The molecule has 3 rings (SSSR count). The molecule has 1 atom stereocenters. The van der Waals surface area contributed by atoms with Gasteiger partial charge in [-0.15, -0.1) is 0 Å². The first-order valence-electron chi connectivity index (χ1n) is 8.14. The molecule has 1 heterocycles. The van der Waals surface area contributed by atoms with Gasteiger partial charge in [0.25, 0.3) is 0 Å². The van der Waals surface area contributed by atoms with Crippen LogP contribution in [0.25, 0.3) is 0 Å². The van der Waals surface area contributed by atoms with Crippen LogP contribution in [-0.4, -0.2) is 25.0 Å². The van der Waals surface area contributed by atoms with Crippen molar-refractivity contribution in [1.82, 2.24) is 5.32 Å². The van der Waals surface area contributed by atoms with Gasteiger partial charge in [-0.1, -0.05) is 37.3 Å². The topological polar surface area (TPSA) is 61.4 Å². The average Bonchev–Trinajstić information content (AvgIpc) is 3.02. The first kappa shape index (κ1) is 16.1. The molecule has 0 aromatic heterocycles. The molecule has 0 saturated carbocycles. The lowest BCUT2D eigenvalue weighted by atomic mass is 9.97. The molecule has 1 aliphatic rings. The van der Waals surface area contributed by atoms with Crippen LogP contribution in [-0.2, 0) is 4.79 Å². The SMILES string of the molecule is CC(CC(=O)Nc1ccc(N2CCNC2=O)cc1)c1ccccc1. The Morgan fingerprint density at radius 2 is 1.88 bits per heavy atom. The van der Waals surface area contributed by atoms with Crippen molar-refractivity contribution in [3.05, 3.63) is 60.2 Å². The molecule has 0 bridgehead atoms. The predicted octanol–water partition coefficient (Wildman–Crippen LogP) is 3.35. The van der Waals surface area contributed by atoms with Gasteiger partial charge >= 0.3 is 6.03 Å². The van der Waals surface area contributed by atoms with Crippen molar-refractivity contribution in [3.63, 3.8) is 0 Å². The molecule has 3 amide bonds. The molecule has 2 N–H and O–H groups in total. The van der Waals surface area contributed by atoms with Gasteiger partial charge in [0.2, 0.25) is 5.91 Å². The van der Waals surface area contributed by atoms with Crippen molar-refractivity contribution in [2.24, 2.45) is 0 Å². The number of benzene rings is 2. The zero-order chi connectivity index (χ0) is 16.9. The van der Waals surface area contributed by atoms with E-state index >= 15 is 0 Å². The lowest BCUT2D eigenvalue weighted by molar-refractivity contribution is -0.116. The fourth-order valence-electron chi connectivity index (χ4n) is 2.83.